The highest BCUT2D eigenvalue weighted by atomic mass is 16.6. The second kappa shape index (κ2) is 7.23. The van der Waals surface area contributed by atoms with Gasteiger partial charge in [-0.2, -0.15) is 10.2 Å². The standard InChI is InChI=1S/C15H17N7O3/c1-2-14-18-13(19-25-14)10-20-3-5-21(6-4-20)15-11(8-16)7-12(9-17-15)22(23)24/h7,9H,2-6,10H2,1H3. The topological polar surface area (TPSA) is 125 Å². The van der Waals surface area contributed by atoms with E-state index in [1.54, 1.807) is 0 Å². The maximum Gasteiger partial charge on any atom is 0.289 e. The Morgan fingerprint density at radius 3 is 2.76 bits per heavy atom. The van der Waals surface area contributed by atoms with E-state index in [1.165, 1.54) is 12.3 Å². The lowest BCUT2D eigenvalue weighted by Crippen LogP contribution is -2.46. The summed E-state index contributed by atoms with van der Waals surface area (Å²) in [6, 6.07) is 3.26. The third-order valence-electron chi connectivity index (χ3n) is 4.03. The van der Waals surface area contributed by atoms with Crippen LogP contribution >= 0.6 is 0 Å². The molecule has 1 aliphatic heterocycles. The van der Waals surface area contributed by atoms with Gasteiger partial charge in [0.15, 0.2) is 5.82 Å². The van der Waals surface area contributed by atoms with E-state index in [2.05, 4.69) is 20.0 Å². The molecule has 0 atom stereocenters. The number of pyridine rings is 1. The quantitative estimate of drug-likeness (QED) is 0.580. The molecule has 1 fully saturated rings. The maximum atomic E-state index is 10.8. The average Bonchev–Trinajstić information content (AvgIpc) is 3.09. The molecule has 0 aliphatic carbocycles. The lowest BCUT2D eigenvalue weighted by Gasteiger charge is -2.35. The first-order valence-corrected chi connectivity index (χ1v) is 7.94. The van der Waals surface area contributed by atoms with Crippen molar-refractivity contribution in [3.63, 3.8) is 0 Å². The molecule has 1 saturated heterocycles. The fourth-order valence-corrected chi connectivity index (χ4v) is 2.70. The molecule has 0 amide bonds. The monoisotopic (exact) mass is 343 g/mol. The average molecular weight is 343 g/mol. The van der Waals surface area contributed by atoms with Gasteiger partial charge >= 0.3 is 0 Å². The van der Waals surface area contributed by atoms with Crippen LogP contribution in [0.5, 0.6) is 0 Å². The van der Waals surface area contributed by atoms with Gasteiger partial charge in [0.2, 0.25) is 5.89 Å². The van der Waals surface area contributed by atoms with E-state index in [-0.39, 0.29) is 11.3 Å². The largest absolute Gasteiger partial charge is 0.353 e. The number of anilines is 1. The van der Waals surface area contributed by atoms with Gasteiger partial charge in [-0.15, -0.1) is 0 Å². The molecular formula is C15H17N7O3. The second-order valence-corrected chi connectivity index (χ2v) is 5.65. The van der Waals surface area contributed by atoms with Crippen molar-refractivity contribution < 1.29 is 9.45 Å². The number of nitriles is 1. The number of hydrogen-bond acceptors (Lipinski definition) is 9. The highest BCUT2D eigenvalue weighted by molar-refractivity contribution is 5.57. The zero-order valence-corrected chi connectivity index (χ0v) is 13.8. The molecule has 10 heteroatoms. The number of aryl methyl sites for hydroxylation is 1. The molecule has 10 nitrogen and oxygen atoms in total. The van der Waals surface area contributed by atoms with E-state index in [9.17, 15) is 15.4 Å². The third kappa shape index (κ3) is 3.72. The van der Waals surface area contributed by atoms with E-state index >= 15 is 0 Å². The number of nitro groups is 1. The second-order valence-electron chi connectivity index (χ2n) is 5.65. The van der Waals surface area contributed by atoms with Crippen molar-refractivity contribution in [2.24, 2.45) is 0 Å². The number of hydrogen-bond donors (Lipinski definition) is 0. The zero-order valence-electron chi connectivity index (χ0n) is 13.8. The van der Waals surface area contributed by atoms with Crippen LogP contribution in [0.4, 0.5) is 11.5 Å². The summed E-state index contributed by atoms with van der Waals surface area (Å²) in [6.07, 6.45) is 1.90. The van der Waals surface area contributed by atoms with Gasteiger partial charge in [0, 0.05) is 38.7 Å². The summed E-state index contributed by atoms with van der Waals surface area (Å²) in [7, 11) is 0. The minimum absolute atomic E-state index is 0.178. The van der Waals surface area contributed by atoms with E-state index in [0.29, 0.717) is 43.6 Å². The van der Waals surface area contributed by atoms with Gasteiger partial charge < -0.3 is 9.42 Å². The van der Waals surface area contributed by atoms with Crippen molar-refractivity contribution in [1.29, 1.82) is 5.26 Å². The fourth-order valence-electron chi connectivity index (χ4n) is 2.70. The van der Waals surface area contributed by atoms with Gasteiger partial charge in [0.25, 0.3) is 5.69 Å². The molecule has 0 aromatic carbocycles. The number of nitrogens with zero attached hydrogens (tertiary/aromatic N) is 7. The Morgan fingerprint density at radius 1 is 1.40 bits per heavy atom. The molecule has 3 heterocycles. The highest BCUT2D eigenvalue weighted by Crippen LogP contribution is 2.23. The summed E-state index contributed by atoms with van der Waals surface area (Å²) in [6.45, 7) is 5.39. The van der Waals surface area contributed by atoms with Crippen molar-refractivity contribution in [3.8, 4) is 6.07 Å². The summed E-state index contributed by atoms with van der Waals surface area (Å²) in [5.41, 5.74) is 0.0381. The van der Waals surface area contributed by atoms with Gasteiger partial charge in [-0.1, -0.05) is 12.1 Å². The van der Waals surface area contributed by atoms with Crippen molar-refractivity contribution in [1.82, 2.24) is 20.0 Å². The molecular weight excluding hydrogens is 326 g/mol. The lowest BCUT2D eigenvalue weighted by atomic mass is 10.2. The van der Waals surface area contributed by atoms with E-state index in [1.807, 2.05) is 17.9 Å². The van der Waals surface area contributed by atoms with Gasteiger partial charge in [-0.25, -0.2) is 4.98 Å². The summed E-state index contributed by atoms with van der Waals surface area (Å²) < 4.78 is 5.11. The van der Waals surface area contributed by atoms with Gasteiger partial charge in [-0.3, -0.25) is 15.0 Å². The molecule has 0 spiro atoms. The summed E-state index contributed by atoms with van der Waals surface area (Å²) in [4.78, 5) is 22.8. The Labute approximate surface area is 143 Å². The Hall–Kier alpha value is -3.06. The van der Waals surface area contributed by atoms with E-state index in [0.717, 1.165) is 13.1 Å². The van der Waals surface area contributed by atoms with Crippen molar-refractivity contribution >= 4 is 11.5 Å². The van der Waals surface area contributed by atoms with Crippen LogP contribution in [0.3, 0.4) is 0 Å². The van der Waals surface area contributed by atoms with Crippen LogP contribution in [0, 0.1) is 21.4 Å². The Bertz CT molecular complexity index is 806. The van der Waals surface area contributed by atoms with Gasteiger partial charge in [-0.05, 0) is 0 Å². The Balaban J connectivity index is 1.64. The minimum atomic E-state index is -0.551. The molecule has 1 aliphatic rings. The van der Waals surface area contributed by atoms with Crippen LogP contribution in [-0.2, 0) is 13.0 Å². The SMILES string of the molecule is CCc1nc(CN2CCN(c3ncc([N+](=O)[O-])cc3C#N)CC2)no1. The van der Waals surface area contributed by atoms with Crippen LogP contribution in [0.2, 0.25) is 0 Å². The molecule has 0 unspecified atom stereocenters. The molecule has 0 N–H and O–H groups in total. The summed E-state index contributed by atoms with van der Waals surface area (Å²) in [5.74, 6) is 1.78. The number of aromatic nitrogens is 3. The third-order valence-corrected chi connectivity index (χ3v) is 4.03. The van der Waals surface area contributed by atoms with Crippen molar-refractivity contribution in [2.75, 3.05) is 31.1 Å². The molecule has 25 heavy (non-hydrogen) atoms. The normalized spacial score (nSPS) is 15.1. The summed E-state index contributed by atoms with van der Waals surface area (Å²) in [5, 5.41) is 24.0. The van der Waals surface area contributed by atoms with Gasteiger partial charge in [0.05, 0.1) is 11.5 Å². The molecule has 2 aromatic rings. The van der Waals surface area contributed by atoms with Crippen molar-refractivity contribution in [3.05, 3.63) is 39.7 Å². The number of piperazine rings is 1. The van der Waals surface area contributed by atoms with Crippen molar-refractivity contribution in [2.45, 2.75) is 19.9 Å². The first-order valence-electron chi connectivity index (χ1n) is 7.94. The molecule has 2 aromatic heterocycles. The van der Waals surface area contributed by atoms with Crippen LogP contribution < -0.4 is 4.90 Å². The molecule has 0 bridgehead atoms. The molecule has 0 saturated carbocycles. The molecule has 0 radical (unpaired) electrons. The van der Waals surface area contributed by atoms with E-state index in [4.69, 9.17) is 4.52 Å². The smallest absolute Gasteiger partial charge is 0.289 e. The zero-order chi connectivity index (χ0) is 17.8. The summed E-state index contributed by atoms with van der Waals surface area (Å²) >= 11 is 0. The Morgan fingerprint density at radius 2 is 2.16 bits per heavy atom. The molecule has 130 valence electrons. The first kappa shape index (κ1) is 16.8. The fraction of sp³-hybridized carbons (Fsp3) is 0.467. The van der Waals surface area contributed by atoms with Gasteiger partial charge in [0.1, 0.15) is 23.6 Å². The molecule has 3 rings (SSSR count). The van der Waals surface area contributed by atoms with Crippen LogP contribution in [-0.4, -0.2) is 51.1 Å². The predicted octanol–water partition coefficient (Wildman–Crippen LogP) is 1.13. The lowest BCUT2D eigenvalue weighted by molar-refractivity contribution is -0.385. The first-order chi connectivity index (χ1) is 12.1. The highest BCUT2D eigenvalue weighted by Gasteiger charge is 2.23. The van der Waals surface area contributed by atoms with E-state index < -0.39 is 4.92 Å². The van der Waals surface area contributed by atoms with Crippen LogP contribution in [0.25, 0.3) is 0 Å². The van der Waals surface area contributed by atoms with Crippen LogP contribution in [0.1, 0.15) is 24.2 Å². The minimum Gasteiger partial charge on any atom is -0.353 e. The number of rotatable bonds is 5. The maximum absolute atomic E-state index is 10.8. The Kier molecular flexibility index (Phi) is 4.85. The predicted molar refractivity (Wildman–Crippen MR) is 86.8 cm³/mol. The van der Waals surface area contributed by atoms with Crippen LogP contribution in [0.15, 0.2) is 16.8 Å².